The second-order valence-electron chi connectivity index (χ2n) is 1.63. The van der Waals surface area contributed by atoms with Crippen LogP contribution in [0, 0.1) is 0 Å². The van der Waals surface area contributed by atoms with Crippen molar-refractivity contribution in [1.82, 2.24) is 5.32 Å². The summed E-state index contributed by atoms with van der Waals surface area (Å²) < 4.78 is 28.3. The molecule has 0 aliphatic rings. The van der Waals surface area contributed by atoms with Crippen LogP contribution in [-0.2, 0) is 10.1 Å². The maximum Gasteiger partial charge on any atom is 0.287 e. The van der Waals surface area contributed by atoms with E-state index in [1.165, 1.54) is 6.08 Å². The third-order valence-corrected chi connectivity index (χ3v) is 1.34. The maximum atomic E-state index is 10.1. The van der Waals surface area contributed by atoms with Crippen LogP contribution in [-0.4, -0.2) is 24.6 Å². The van der Waals surface area contributed by atoms with Crippen LogP contribution >= 0.6 is 12.2 Å². The molecule has 0 rings (SSSR count). The van der Waals surface area contributed by atoms with E-state index in [9.17, 15) is 8.42 Å². The molecule has 0 aliphatic heterocycles. The van der Waals surface area contributed by atoms with Gasteiger partial charge >= 0.3 is 0 Å². The van der Waals surface area contributed by atoms with Gasteiger partial charge in [0.2, 0.25) is 0 Å². The molecule has 0 aliphatic carbocycles. The van der Waals surface area contributed by atoms with Crippen LogP contribution in [0.3, 0.4) is 0 Å². The van der Waals surface area contributed by atoms with Crippen LogP contribution in [0.4, 0.5) is 0 Å². The molecule has 0 amide bonds. The summed E-state index contributed by atoms with van der Waals surface area (Å²) in [5, 5.41) is 3.19. The second kappa shape index (κ2) is 4.27. The highest BCUT2D eigenvalue weighted by Gasteiger charge is 1.93. The molecule has 5 nitrogen and oxygen atoms in total. The predicted octanol–water partition coefficient (Wildman–Crippen LogP) is -0.779. The van der Waals surface area contributed by atoms with Gasteiger partial charge in [0, 0.05) is 6.54 Å². The largest absolute Gasteiger partial charge is 0.376 e. The molecule has 0 unspecified atom stereocenters. The molecule has 11 heavy (non-hydrogen) atoms. The molecule has 0 spiro atoms. The number of hydrogen-bond donors (Lipinski definition) is 3. The molecule has 0 heterocycles. The molecule has 4 N–H and O–H groups in total. The van der Waals surface area contributed by atoms with E-state index >= 15 is 0 Å². The quantitative estimate of drug-likeness (QED) is 0.405. The highest BCUT2D eigenvalue weighted by molar-refractivity contribution is 7.88. The van der Waals surface area contributed by atoms with Crippen LogP contribution in [0.25, 0.3) is 0 Å². The summed E-state index contributed by atoms with van der Waals surface area (Å²) in [6, 6.07) is 0. The minimum Gasteiger partial charge on any atom is -0.376 e. The molecule has 64 valence electrons. The van der Waals surface area contributed by atoms with E-state index in [-0.39, 0.29) is 11.7 Å². The van der Waals surface area contributed by atoms with Gasteiger partial charge < -0.3 is 11.1 Å². The van der Waals surface area contributed by atoms with Crippen molar-refractivity contribution in [1.29, 1.82) is 0 Å². The van der Waals surface area contributed by atoms with Crippen molar-refractivity contribution in [2.45, 2.75) is 0 Å². The SMILES string of the molecule is NC(=S)NCC=CS(=O)(=O)O. The topological polar surface area (TPSA) is 92.4 Å². The van der Waals surface area contributed by atoms with Crippen LogP contribution < -0.4 is 11.1 Å². The molecule has 0 aromatic carbocycles. The first-order valence-corrected chi connectivity index (χ1v) is 4.50. The maximum absolute atomic E-state index is 10.1. The van der Waals surface area contributed by atoms with E-state index in [1.54, 1.807) is 0 Å². The fraction of sp³-hybridized carbons (Fsp3) is 0.250. The lowest BCUT2D eigenvalue weighted by molar-refractivity contribution is 0.494. The summed E-state index contributed by atoms with van der Waals surface area (Å²) in [4.78, 5) is 0. The molecule has 0 aromatic rings. The molecule has 0 aromatic heterocycles. The zero-order valence-electron chi connectivity index (χ0n) is 5.52. The Morgan fingerprint density at radius 2 is 2.27 bits per heavy atom. The van der Waals surface area contributed by atoms with Gasteiger partial charge in [-0.25, -0.2) is 0 Å². The number of hydrogen-bond acceptors (Lipinski definition) is 3. The van der Waals surface area contributed by atoms with Gasteiger partial charge in [0.25, 0.3) is 10.1 Å². The second-order valence-corrected chi connectivity index (χ2v) is 3.37. The molecule has 7 heteroatoms. The Labute approximate surface area is 70.0 Å². The third kappa shape index (κ3) is 9.34. The van der Waals surface area contributed by atoms with Crippen LogP contribution in [0.15, 0.2) is 11.5 Å². The van der Waals surface area contributed by atoms with Gasteiger partial charge in [-0.1, -0.05) is 6.08 Å². The molecule has 0 saturated heterocycles. The Balaban J connectivity index is 3.72. The summed E-state index contributed by atoms with van der Waals surface area (Å²) >= 11 is 4.42. The number of rotatable bonds is 3. The number of nitrogens with two attached hydrogens (primary N) is 1. The molecular weight excluding hydrogens is 188 g/mol. The fourth-order valence-electron chi connectivity index (χ4n) is 0.329. The standard InChI is InChI=1S/C4H8N2O3S2/c5-4(10)6-2-1-3-11(7,8)9/h1,3H,2H2,(H3,5,6,10)(H,7,8,9). The summed E-state index contributed by atoms with van der Waals surface area (Å²) in [7, 11) is -4.03. The first-order valence-electron chi connectivity index (χ1n) is 2.59. The molecule has 0 bridgehead atoms. The van der Waals surface area contributed by atoms with Gasteiger partial charge in [-0.2, -0.15) is 8.42 Å². The van der Waals surface area contributed by atoms with E-state index in [0.717, 1.165) is 0 Å². The van der Waals surface area contributed by atoms with Gasteiger partial charge in [-0.15, -0.1) is 0 Å². The summed E-state index contributed by atoms with van der Waals surface area (Å²) in [6.45, 7) is 0.176. The molecule has 0 saturated carbocycles. The minimum absolute atomic E-state index is 0.0741. The number of nitrogens with one attached hydrogen (secondary N) is 1. The van der Waals surface area contributed by atoms with Gasteiger partial charge in [0.15, 0.2) is 5.11 Å². The van der Waals surface area contributed by atoms with Gasteiger partial charge in [0.1, 0.15) is 0 Å². The third-order valence-electron chi connectivity index (χ3n) is 0.662. The zero-order chi connectivity index (χ0) is 8.91. The lowest BCUT2D eigenvalue weighted by Crippen LogP contribution is -2.28. The molecule has 0 radical (unpaired) electrons. The summed E-state index contributed by atoms with van der Waals surface area (Å²) in [5.74, 6) is 0. The van der Waals surface area contributed by atoms with E-state index < -0.39 is 10.1 Å². The van der Waals surface area contributed by atoms with Crippen molar-refractivity contribution in [3.8, 4) is 0 Å². The average molecular weight is 196 g/mol. The highest BCUT2D eigenvalue weighted by Crippen LogP contribution is 1.82. The lowest BCUT2D eigenvalue weighted by atomic mass is 10.6. The lowest BCUT2D eigenvalue weighted by Gasteiger charge is -1.95. The van der Waals surface area contributed by atoms with E-state index in [2.05, 4.69) is 17.5 Å². The van der Waals surface area contributed by atoms with Crippen LogP contribution in [0.2, 0.25) is 0 Å². The van der Waals surface area contributed by atoms with Crippen molar-refractivity contribution >= 4 is 27.4 Å². The van der Waals surface area contributed by atoms with Crippen molar-refractivity contribution < 1.29 is 13.0 Å². The molecular formula is C4H8N2O3S2. The Bertz CT molecular complexity index is 257. The zero-order valence-corrected chi connectivity index (χ0v) is 7.15. The van der Waals surface area contributed by atoms with Crippen LogP contribution in [0.5, 0.6) is 0 Å². The summed E-state index contributed by atoms with van der Waals surface area (Å²) in [5.41, 5.74) is 5.02. The van der Waals surface area contributed by atoms with E-state index in [0.29, 0.717) is 5.41 Å². The van der Waals surface area contributed by atoms with Gasteiger partial charge in [0.05, 0.1) is 5.41 Å². The van der Waals surface area contributed by atoms with Crippen molar-refractivity contribution in [3.63, 3.8) is 0 Å². The Hall–Kier alpha value is -0.660. The van der Waals surface area contributed by atoms with Crippen LogP contribution in [0.1, 0.15) is 0 Å². The van der Waals surface area contributed by atoms with E-state index in [4.69, 9.17) is 10.3 Å². The van der Waals surface area contributed by atoms with Crippen molar-refractivity contribution in [2.24, 2.45) is 5.73 Å². The van der Waals surface area contributed by atoms with Crippen molar-refractivity contribution in [2.75, 3.05) is 6.54 Å². The first-order chi connectivity index (χ1) is 4.92. The fourth-order valence-corrected chi connectivity index (χ4v) is 0.752. The monoisotopic (exact) mass is 196 g/mol. The Morgan fingerprint density at radius 1 is 1.73 bits per heavy atom. The van der Waals surface area contributed by atoms with Gasteiger partial charge in [-0.05, 0) is 12.2 Å². The van der Waals surface area contributed by atoms with E-state index in [1.807, 2.05) is 0 Å². The first kappa shape index (κ1) is 10.3. The Kier molecular flexibility index (Phi) is 4.01. The summed E-state index contributed by atoms with van der Waals surface area (Å²) in [6.07, 6.45) is 1.19. The normalized spacial score (nSPS) is 11.7. The molecule has 0 atom stereocenters. The smallest absolute Gasteiger partial charge is 0.287 e. The predicted molar refractivity (Wildman–Crippen MR) is 45.5 cm³/mol. The molecule has 0 fully saturated rings. The minimum atomic E-state index is -4.03. The van der Waals surface area contributed by atoms with Gasteiger partial charge in [-0.3, -0.25) is 4.55 Å². The average Bonchev–Trinajstić information content (AvgIpc) is 1.78. The Morgan fingerprint density at radius 3 is 2.64 bits per heavy atom. The van der Waals surface area contributed by atoms with Crippen molar-refractivity contribution in [3.05, 3.63) is 11.5 Å². The highest BCUT2D eigenvalue weighted by atomic mass is 32.2. The number of thiocarbonyl (C=S) groups is 1.